The highest BCUT2D eigenvalue weighted by Crippen LogP contribution is 2.61. The number of hydrogen-bond donors (Lipinski definition) is 0. The van der Waals surface area contributed by atoms with Gasteiger partial charge in [-0.05, 0) is 50.2 Å². The number of ether oxygens (including phenoxy) is 3. The Kier molecular flexibility index (Phi) is 6.99. The summed E-state index contributed by atoms with van der Waals surface area (Å²) in [4.78, 5) is 73.0. The van der Waals surface area contributed by atoms with Crippen molar-refractivity contribution >= 4 is 41.0 Å². The second-order valence-electron chi connectivity index (χ2n) is 11.4. The van der Waals surface area contributed by atoms with E-state index in [1.807, 2.05) is 0 Å². The minimum absolute atomic E-state index is 0.119. The Labute approximate surface area is 259 Å². The molecule has 4 amide bonds. The van der Waals surface area contributed by atoms with Crippen LogP contribution in [0.3, 0.4) is 0 Å². The molecule has 2 aliphatic heterocycles. The molecule has 2 heterocycles. The molecular formula is C35H30N2O8. The van der Waals surface area contributed by atoms with E-state index in [2.05, 4.69) is 0 Å². The molecular weight excluding hydrogens is 576 g/mol. The third-order valence-corrected chi connectivity index (χ3v) is 9.13. The van der Waals surface area contributed by atoms with Gasteiger partial charge in [-0.25, -0.2) is 14.6 Å². The highest BCUT2D eigenvalue weighted by Gasteiger charge is 2.71. The van der Waals surface area contributed by atoms with Gasteiger partial charge in [0.2, 0.25) is 23.6 Å². The van der Waals surface area contributed by atoms with Crippen molar-refractivity contribution in [1.29, 1.82) is 0 Å². The Hall–Kier alpha value is -5.25. The number of esters is 1. The van der Waals surface area contributed by atoms with Crippen molar-refractivity contribution in [1.82, 2.24) is 0 Å². The Morgan fingerprint density at radius 2 is 1.04 bits per heavy atom. The molecule has 4 unspecified atom stereocenters. The Morgan fingerprint density at radius 1 is 0.600 bits per heavy atom. The molecule has 8 rings (SSSR count). The third kappa shape index (κ3) is 4.27. The third-order valence-electron chi connectivity index (χ3n) is 9.13. The van der Waals surface area contributed by atoms with E-state index in [4.69, 9.17) is 14.2 Å². The van der Waals surface area contributed by atoms with Gasteiger partial charge >= 0.3 is 5.97 Å². The molecule has 2 bridgehead atoms. The lowest BCUT2D eigenvalue weighted by Gasteiger charge is -2.46. The van der Waals surface area contributed by atoms with Crippen LogP contribution in [0.15, 0.2) is 90.5 Å². The quantitative estimate of drug-likeness (QED) is 0.213. The van der Waals surface area contributed by atoms with E-state index in [0.717, 1.165) is 9.80 Å². The molecule has 10 nitrogen and oxygen atoms in total. The summed E-state index contributed by atoms with van der Waals surface area (Å²) >= 11 is 0. The van der Waals surface area contributed by atoms with Crippen LogP contribution in [-0.4, -0.2) is 42.8 Å². The SMILES string of the molecule is CCOc1ccccc1N1C(=O)C2C3C=C(C(=O)Oc4ccccc4)C(C2C1=O)C1C(=O)N(c2ccccc2OCC)C(=O)C31. The van der Waals surface area contributed by atoms with Gasteiger partial charge in [0, 0.05) is 17.4 Å². The maximum Gasteiger partial charge on any atom is 0.339 e. The molecule has 4 atom stereocenters. The van der Waals surface area contributed by atoms with E-state index >= 15 is 0 Å². The summed E-state index contributed by atoms with van der Waals surface area (Å²) < 4.78 is 17.2. The summed E-state index contributed by atoms with van der Waals surface area (Å²) in [6.07, 6.45) is 1.59. The van der Waals surface area contributed by atoms with Crippen LogP contribution in [0.4, 0.5) is 11.4 Å². The van der Waals surface area contributed by atoms with Crippen molar-refractivity contribution < 1.29 is 38.2 Å². The average molecular weight is 607 g/mol. The van der Waals surface area contributed by atoms with Gasteiger partial charge in [0.1, 0.15) is 17.2 Å². The smallest absolute Gasteiger partial charge is 0.339 e. The number of carbonyl (C=O) groups excluding carboxylic acids is 5. The predicted molar refractivity (Wildman–Crippen MR) is 161 cm³/mol. The fourth-order valence-electron chi connectivity index (χ4n) is 7.52. The zero-order valence-electron chi connectivity index (χ0n) is 24.6. The first-order valence-corrected chi connectivity index (χ1v) is 15.1. The van der Waals surface area contributed by atoms with Crippen molar-refractivity contribution in [3.05, 3.63) is 90.5 Å². The number of imide groups is 2. The first-order valence-electron chi connectivity index (χ1n) is 15.1. The summed E-state index contributed by atoms with van der Waals surface area (Å²) in [7, 11) is 0. The average Bonchev–Trinajstić information content (AvgIpc) is 3.48. The molecule has 0 radical (unpaired) electrons. The fourth-order valence-corrected chi connectivity index (χ4v) is 7.52. The lowest BCUT2D eigenvalue weighted by Crippen LogP contribution is -2.53. The minimum atomic E-state index is -1.07. The molecule has 1 saturated carbocycles. The molecule has 3 aromatic carbocycles. The van der Waals surface area contributed by atoms with Crippen molar-refractivity contribution in [3.63, 3.8) is 0 Å². The zero-order valence-corrected chi connectivity index (χ0v) is 24.6. The minimum Gasteiger partial charge on any atom is -0.492 e. The van der Waals surface area contributed by atoms with Gasteiger partial charge < -0.3 is 14.2 Å². The number of allylic oxidation sites excluding steroid dienone is 1. The largest absolute Gasteiger partial charge is 0.492 e. The fraction of sp³-hybridized carbons (Fsp3) is 0.286. The van der Waals surface area contributed by atoms with E-state index in [9.17, 15) is 24.0 Å². The number of benzene rings is 3. The number of para-hydroxylation sites is 5. The summed E-state index contributed by atoms with van der Waals surface area (Å²) in [6, 6.07) is 21.9. The van der Waals surface area contributed by atoms with Gasteiger partial charge in [-0.2, -0.15) is 0 Å². The second-order valence-corrected chi connectivity index (χ2v) is 11.4. The highest BCUT2D eigenvalue weighted by molar-refractivity contribution is 6.27. The van der Waals surface area contributed by atoms with Crippen LogP contribution >= 0.6 is 0 Å². The monoisotopic (exact) mass is 606 g/mol. The first kappa shape index (κ1) is 28.5. The Balaban J connectivity index is 1.33. The van der Waals surface area contributed by atoms with Crippen LogP contribution in [0.1, 0.15) is 13.8 Å². The standard InChI is InChI=1S/C35H30N2O8/c1-3-43-24-16-10-8-14-22(24)36-31(38)27-20-18-21(35(42)45-19-12-6-5-7-13-19)26(29(27)33(36)40)30-28(20)32(39)37(34(30)41)23-15-9-11-17-25(23)44-4-2/h5-18,20,26-30H,3-4H2,1-2H3. The predicted octanol–water partition coefficient (Wildman–Crippen LogP) is 4.19. The van der Waals surface area contributed by atoms with Crippen LogP contribution in [0.5, 0.6) is 17.2 Å². The molecule has 3 aromatic rings. The lowest BCUT2D eigenvalue weighted by atomic mass is 9.52. The molecule has 5 aliphatic rings. The molecule has 0 spiro atoms. The molecule has 45 heavy (non-hydrogen) atoms. The van der Waals surface area contributed by atoms with E-state index in [-0.39, 0.29) is 16.9 Å². The molecule has 3 fully saturated rings. The van der Waals surface area contributed by atoms with Gasteiger partial charge in [-0.3, -0.25) is 19.2 Å². The maximum atomic E-state index is 14.3. The van der Waals surface area contributed by atoms with Crippen molar-refractivity contribution in [2.45, 2.75) is 13.8 Å². The van der Waals surface area contributed by atoms with Crippen molar-refractivity contribution in [2.75, 3.05) is 23.0 Å². The molecule has 228 valence electrons. The van der Waals surface area contributed by atoms with Crippen LogP contribution in [0, 0.1) is 35.5 Å². The zero-order chi connectivity index (χ0) is 31.4. The maximum absolute atomic E-state index is 14.3. The van der Waals surface area contributed by atoms with Crippen LogP contribution in [-0.2, 0) is 24.0 Å². The van der Waals surface area contributed by atoms with Gasteiger partial charge in [-0.1, -0.05) is 48.5 Å². The van der Waals surface area contributed by atoms with E-state index in [1.54, 1.807) is 98.8 Å². The number of hydrogen-bond acceptors (Lipinski definition) is 8. The number of nitrogens with zero attached hydrogens (tertiary/aromatic N) is 2. The van der Waals surface area contributed by atoms with Crippen molar-refractivity contribution in [2.24, 2.45) is 35.5 Å². The van der Waals surface area contributed by atoms with Gasteiger partial charge in [-0.15, -0.1) is 0 Å². The summed E-state index contributed by atoms with van der Waals surface area (Å²) in [6.45, 7) is 4.22. The van der Waals surface area contributed by atoms with Gasteiger partial charge in [0.05, 0.1) is 48.3 Å². The summed E-state index contributed by atoms with van der Waals surface area (Å²) in [5.74, 6) is -7.78. The van der Waals surface area contributed by atoms with E-state index in [1.165, 1.54) is 0 Å². The number of carbonyl (C=O) groups is 5. The summed E-state index contributed by atoms with van der Waals surface area (Å²) in [5.41, 5.74) is 0.687. The normalized spacial score (nSPS) is 26.5. The van der Waals surface area contributed by atoms with Crippen LogP contribution in [0.25, 0.3) is 0 Å². The van der Waals surface area contributed by atoms with Crippen LogP contribution < -0.4 is 24.0 Å². The van der Waals surface area contributed by atoms with Crippen molar-refractivity contribution in [3.8, 4) is 17.2 Å². The molecule has 2 saturated heterocycles. The highest BCUT2D eigenvalue weighted by atomic mass is 16.5. The Morgan fingerprint density at radius 3 is 1.53 bits per heavy atom. The molecule has 0 N–H and O–H groups in total. The number of amides is 4. The number of rotatable bonds is 8. The number of anilines is 2. The van der Waals surface area contributed by atoms with Gasteiger partial charge in [0.15, 0.2) is 0 Å². The first-order chi connectivity index (χ1) is 21.9. The summed E-state index contributed by atoms with van der Waals surface area (Å²) in [5, 5.41) is 0. The van der Waals surface area contributed by atoms with Crippen LogP contribution in [0.2, 0.25) is 0 Å². The topological polar surface area (TPSA) is 120 Å². The second kappa shape index (κ2) is 11.0. The Bertz CT molecular complexity index is 1670. The van der Waals surface area contributed by atoms with E-state index < -0.39 is 65.1 Å². The van der Waals surface area contributed by atoms with E-state index in [0.29, 0.717) is 30.5 Å². The van der Waals surface area contributed by atoms with Gasteiger partial charge in [0.25, 0.3) is 0 Å². The molecule has 3 aliphatic carbocycles. The molecule has 10 heteroatoms. The molecule has 0 aromatic heterocycles. The lowest BCUT2D eigenvalue weighted by molar-refractivity contribution is -0.142.